The van der Waals surface area contributed by atoms with Gasteiger partial charge in [-0.1, -0.05) is 24.6 Å². The van der Waals surface area contributed by atoms with E-state index in [4.69, 9.17) is 22.1 Å². The summed E-state index contributed by atoms with van der Waals surface area (Å²) in [6, 6.07) is 8.04. The first-order valence-electron chi connectivity index (χ1n) is 6.67. The molecule has 0 spiro atoms. The molecular formula is C16H16ClF2NO. The molecule has 1 atom stereocenters. The predicted molar refractivity (Wildman–Crippen MR) is 79.9 cm³/mol. The summed E-state index contributed by atoms with van der Waals surface area (Å²) in [6.45, 7) is 1.97. The van der Waals surface area contributed by atoms with Crippen LogP contribution in [0.1, 0.15) is 18.9 Å². The van der Waals surface area contributed by atoms with Gasteiger partial charge in [0.2, 0.25) is 0 Å². The molecule has 0 saturated heterocycles. The standard InChI is InChI=1S/C16H16ClF2NO/c1-2-11(20)9-12-13(17)4-3-5-15(12)21-16-8-10(18)6-7-14(16)19/h3-8,11H,2,9,20H2,1H3. The van der Waals surface area contributed by atoms with Crippen molar-refractivity contribution < 1.29 is 13.5 Å². The Labute approximate surface area is 127 Å². The van der Waals surface area contributed by atoms with E-state index >= 15 is 0 Å². The van der Waals surface area contributed by atoms with Crippen molar-refractivity contribution in [2.45, 2.75) is 25.8 Å². The van der Waals surface area contributed by atoms with Gasteiger partial charge in [-0.15, -0.1) is 0 Å². The van der Waals surface area contributed by atoms with Gasteiger partial charge < -0.3 is 10.5 Å². The third-order valence-electron chi connectivity index (χ3n) is 3.18. The maximum Gasteiger partial charge on any atom is 0.165 e. The highest BCUT2D eigenvalue weighted by Gasteiger charge is 2.14. The van der Waals surface area contributed by atoms with Gasteiger partial charge in [-0.25, -0.2) is 8.78 Å². The highest BCUT2D eigenvalue weighted by molar-refractivity contribution is 6.31. The molecule has 112 valence electrons. The third kappa shape index (κ3) is 3.93. The maximum absolute atomic E-state index is 13.7. The summed E-state index contributed by atoms with van der Waals surface area (Å²) in [5.41, 5.74) is 6.63. The summed E-state index contributed by atoms with van der Waals surface area (Å²) in [4.78, 5) is 0. The van der Waals surface area contributed by atoms with E-state index in [1.807, 2.05) is 6.92 Å². The van der Waals surface area contributed by atoms with Crippen LogP contribution >= 0.6 is 11.6 Å². The fourth-order valence-electron chi connectivity index (χ4n) is 1.91. The molecule has 0 radical (unpaired) electrons. The summed E-state index contributed by atoms with van der Waals surface area (Å²) in [6.07, 6.45) is 1.28. The van der Waals surface area contributed by atoms with Crippen LogP contribution in [0.2, 0.25) is 5.02 Å². The summed E-state index contributed by atoms with van der Waals surface area (Å²) in [5.74, 6) is -0.998. The van der Waals surface area contributed by atoms with E-state index in [0.29, 0.717) is 22.8 Å². The second-order valence-electron chi connectivity index (χ2n) is 4.77. The topological polar surface area (TPSA) is 35.2 Å². The monoisotopic (exact) mass is 311 g/mol. The van der Waals surface area contributed by atoms with Crippen LogP contribution in [-0.2, 0) is 6.42 Å². The highest BCUT2D eigenvalue weighted by Crippen LogP contribution is 2.33. The molecule has 2 aromatic rings. The number of nitrogens with two attached hydrogens (primary N) is 1. The van der Waals surface area contributed by atoms with E-state index in [2.05, 4.69) is 0 Å². The van der Waals surface area contributed by atoms with Crippen LogP contribution in [0.5, 0.6) is 11.5 Å². The Morgan fingerprint density at radius 2 is 1.95 bits per heavy atom. The molecule has 0 aromatic heterocycles. The Balaban J connectivity index is 2.35. The predicted octanol–water partition coefficient (Wildman–Crippen LogP) is 4.69. The number of hydrogen-bond donors (Lipinski definition) is 1. The van der Waals surface area contributed by atoms with E-state index in [1.165, 1.54) is 0 Å². The van der Waals surface area contributed by atoms with Gasteiger partial charge in [0.15, 0.2) is 11.6 Å². The van der Waals surface area contributed by atoms with Crippen molar-refractivity contribution in [2.75, 3.05) is 0 Å². The molecule has 0 bridgehead atoms. The van der Waals surface area contributed by atoms with E-state index < -0.39 is 11.6 Å². The van der Waals surface area contributed by atoms with Gasteiger partial charge in [-0.2, -0.15) is 0 Å². The molecule has 2 nitrogen and oxygen atoms in total. The van der Waals surface area contributed by atoms with Crippen LogP contribution in [0.15, 0.2) is 36.4 Å². The molecule has 0 aliphatic carbocycles. The van der Waals surface area contributed by atoms with Crippen LogP contribution < -0.4 is 10.5 Å². The lowest BCUT2D eigenvalue weighted by Gasteiger charge is -2.16. The third-order valence-corrected chi connectivity index (χ3v) is 3.53. The van der Waals surface area contributed by atoms with Crippen LogP contribution in [0, 0.1) is 11.6 Å². The lowest BCUT2D eigenvalue weighted by atomic mass is 10.0. The summed E-state index contributed by atoms with van der Waals surface area (Å²) in [7, 11) is 0. The van der Waals surface area contributed by atoms with Gasteiger partial charge in [0.05, 0.1) is 0 Å². The normalized spacial score (nSPS) is 12.2. The smallest absolute Gasteiger partial charge is 0.165 e. The summed E-state index contributed by atoms with van der Waals surface area (Å²) in [5, 5.41) is 0.494. The molecule has 1 unspecified atom stereocenters. The maximum atomic E-state index is 13.7. The second-order valence-corrected chi connectivity index (χ2v) is 5.17. The molecule has 0 aliphatic rings. The zero-order valence-corrected chi connectivity index (χ0v) is 12.3. The molecule has 0 aliphatic heterocycles. The Morgan fingerprint density at radius 1 is 1.19 bits per heavy atom. The molecule has 0 amide bonds. The van der Waals surface area contributed by atoms with Crippen molar-refractivity contribution in [3.63, 3.8) is 0 Å². The van der Waals surface area contributed by atoms with Gasteiger partial charge in [-0.05, 0) is 37.1 Å². The van der Waals surface area contributed by atoms with Crippen molar-refractivity contribution in [1.82, 2.24) is 0 Å². The zero-order chi connectivity index (χ0) is 15.4. The molecule has 2 N–H and O–H groups in total. The first-order chi connectivity index (χ1) is 10.0. The van der Waals surface area contributed by atoms with Gasteiger partial charge in [-0.3, -0.25) is 0 Å². The Kier molecular flexibility index (Phi) is 5.15. The van der Waals surface area contributed by atoms with Crippen molar-refractivity contribution in [3.8, 4) is 11.5 Å². The van der Waals surface area contributed by atoms with Crippen molar-refractivity contribution in [2.24, 2.45) is 5.73 Å². The number of halogens is 3. The first kappa shape index (κ1) is 15.7. The van der Waals surface area contributed by atoms with Crippen LogP contribution in [0.25, 0.3) is 0 Å². The minimum atomic E-state index is -0.637. The van der Waals surface area contributed by atoms with Crippen molar-refractivity contribution in [1.29, 1.82) is 0 Å². The average molecular weight is 312 g/mol. The van der Waals surface area contributed by atoms with Gasteiger partial charge in [0.25, 0.3) is 0 Å². The number of hydrogen-bond acceptors (Lipinski definition) is 2. The van der Waals surface area contributed by atoms with E-state index in [1.54, 1.807) is 18.2 Å². The molecule has 2 rings (SSSR count). The van der Waals surface area contributed by atoms with E-state index in [-0.39, 0.29) is 11.8 Å². The Morgan fingerprint density at radius 3 is 2.67 bits per heavy atom. The van der Waals surface area contributed by atoms with E-state index in [9.17, 15) is 8.78 Å². The molecule has 0 saturated carbocycles. The SMILES string of the molecule is CCC(N)Cc1c(Cl)cccc1Oc1cc(F)ccc1F. The minimum absolute atomic E-state index is 0.0791. The molecule has 0 heterocycles. The molecule has 5 heteroatoms. The number of ether oxygens (including phenoxy) is 1. The molecular weight excluding hydrogens is 296 g/mol. The van der Waals surface area contributed by atoms with Crippen molar-refractivity contribution >= 4 is 11.6 Å². The highest BCUT2D eigenvalue weighted by atomic mass is 35.5. The summed E-state index contributed by atoms with van der Waals surface area (Å²) >= 11 is 6.16. The fraction of sp³-hybridized carbons (Fsp3) is 0.250. The quantitative estimate of drug-likeness (QED) is 0.869. The first-order valence-corrected chi connectivity index (χ1v) is 7.05. The van der Waals surface area contributed by atoms with Gasteiger partial charge >= 0.3 is 0 Å². The fourth-order valence-corrected chi connectivity index (χ4v) is 2.16. The zero-order valence-electron chi connectivity index (χ0n) is 11.6. The largest absolute Gasteiger partial charge is 0.454 e. The summed E-state index contributed by atoms with van der Waals surface area (Å²) < 4.78 is 32.4. The van der Waals surface area contributed by atoms with Crippen LogP contribution in [0.3, 0.4) is 0 Å². The van der Waals surface area contributed by atoms with E-state index in [0.717, 1.165) is 24.6 Å². The van der Waals surface area contributed by atoms with Crippen LogP contribution in [0.4, 0.5) is 8.78 Å². The number of rotatable bonds is 5. The lowest BCUT2D eigenvalue weighted by Crippen LogP contribution is -2.21. The van der Waals surface area contributed by atoms with Gasteiger partial charge in [0.1, 0.15) is 11.6 Å². The Hall–Kier alpha value is -1.65. The lowest BCUT2D eigenvalue weighted by molar-refractivity contribution is 0.430. The van der Waals surface area contributed by atoms with Gasteiger partial charge in [0, 0.05) is 22.7 Å². The average Bonchev–Trinajstić information content (AvgIpc) is 2.46. The van der Waals surface area contributed by atoms with Crippen molar-refractivity contribution in [3.05, 3.63) is 58.6 Å². The van der Waals surface area contributed by atoms with Crippen LogP contribution in [-0.4, -0.2) is 6.04 Å². The Bertz CT molecular complexity index is 634. The molecule has 21 heavy (non-hydrogen) atoms. The molecule has 0 fully saturated rings. The molecule has 2 aromatic carbocycles. The minimum Gasteiger partial charge on any atom is -0.454 e. The number of benzene rings is 2. The second kappa shape index (κ2) is 6.87.